The van der Waals surface area contributed by atoms with E-state index in [9.17, 15) is 9.59 Å². The molecule has 0 unspecified atom stereocenters. The van der Waals surface area contributed by atoms with Gasteiger partial charge in [-0.2, -0.15) is 5.21 Å². The minimum Gasteiger partial charge on any atom is -0.345 e. The number of halogens is 1. The molecule has 10 heteroatoms. The number of anilines is 2. The number of aromatic nitrogens is 4. The van der Waals surface area contributed by atoms with E-state index in [1.165, 1.54) is 4.90 Å². The average molecular weight is 506 g/mol. The molecule has 4 aromatic rings. The Kier molecular flexibility index (Phi) is 6.45. The predicted octanol–water partition coefficient (Wildman–Crippen LogP) is 4.64. The van der Waals surface area contributed by atoms with Gasteiger partial charge in [-0.25, -0.2) is 4.79 Å². The maximum absolute atomic E-state index is 12.5. The van der Waals surface area contributed by atoms with Gasteiger partial charge in [0.2, 0.25) is 5.82 Å². The summed E-state index contributed by atoms with van der Waals surface area (Å²) in [6.07, 6.45) is 0. The maximum Gasteiger partial charge on any atom is 0.323 e. The molecule has 0 fully saturated rings. The Bertz CT molecular complexity index is 1290. The highest BCUT2D eigenvalue weighted by atomic mass is 79.9. The molecule has 3 amide bonds. The number of rotatable bonds is 5. The summed E-state index contributed by atoms with van der Waals surface area (Å²) in [5.74, 6) is 0.311. The second-order valence-corrected chi connectivity index (χ2v) is 8.28. The lowest BCUT2D eigenvalue weighted by atomic mass is 9.97. The molecule has 3 N–H and O–H groups in total. The lowest BCUT2D eigenvalue weighted by molar-refractivity contribution is 0.0827. The molecule has 0 aliphatic carbocycles. The van der Waals surface area contributed by atoms with Crippen LogP contribution in [-0.2, 0) is 0 Å². The van der Waals surface area contributed by atoms with Crippen molar-refractivity contribution in [2.24, 2.45) is 0 Å². The predicted molar refractivity (Wildman–Crippen MR) is 130 cm³/mol. The molecule has 0 bridgehead atoms. The van der Waals surface area contributed by atoms with Gasteiger partial charge >= 0.3 is 6.03 Å². The van der Waals surface area contributed by atoms with Crippen LogP contribution in [0.3, 0.4) is 0 Å². The maximum atomic E-state index is 12.5. The number of carbonyl (C=O) groups excluding carboxylic acids is 2. The lowest BCUT2D eigenvalue weighted by Crippen LogP contribution is -2.21. The highest BCUT2D eigenvalue weighted by Gasteiger charge is 2.15. The highest BCUT2D eigenvalue weighted by molar-refractivity contribution is 9.10. The molecule has 1 aromatic heterocycles. The SMILES string of the molecule is CN(C)C(=O)c1ccc(-c2ccc(NC(=O)Nc3cccc(Br)c3)cc2-c2nn[nH]n2)cc1. The molecule has 166 valence electrons. The van der Waals surface area contributed by atoms with Crippen molar-refractivity contribution in [3.05, 3.63) is 76.8 Å². The van der Waals surface area contributed by atoms with Crippen LogP contribution >= 0.6 is 15.9 Å². The number of nitrogens with zero attached hydrogens (tertiary/aromatic N) is 4. The van der Waals surface area contributed by atoms with Gasteiger partial charge in [-0.05, 0) is 58.8 Å². The van der Waals surface area contributed by atoms with Crippen LogP contribution in [0.1, 0.15) is 10.4 Å². The molecule has 0 radical (unpaired) electrons. The van der Waals surface area contributed by atoms with Crippen molar-refractivity contribution < 1.29 is 9.59 Å². The van der Waals surface area contributed by atoms with E-state index >= 15 is 0 Å². The van der Waals surface area contributed by atoms with E-state index in [2.05, 4.69) is 47.2 Å². The first-order chi connectivity index (χ1) is 15.9. The largest absolute Gasteiger partial charge is 0.345 e. The van der Waals surface area contributed by atoms with Gasteiger partial charge in [-0.3, -0.25) is 4.79 Å². The number of tetrazole rings is 1. The van der Waals surface area contributed by atoms with Crippen LogP contribution in [0.25, 0.3) is 22.5 Å². The van der Waals surface area contributed by atoms with E-state index in [1.54, 1.807) is 50.5 Å². The Morgan fingerprint density at radius 3 is 2.27 bits per heavy atom. The number of urea groups is 1. The first kappa shape index (κ1) is 22.2. The minimum absolute atomic E-state index is 0.0732. The summed E-state index contributed by atoms with van der Waals surface area (Å²) in [5, 5.41) is 19.9. The Balaban J connectivity index is 1.61. The van der Waals surface area contributed by atoms with Crippen molar-refractivity contribution >= 4 is 39.2 Å². The van der Waals surface area contributed by atoms with Crippen molar-refractivity contribution in [2.45, 2.75) is 0 Å². The molecule has 0 saturated heterocycles. The summed E-state index contributed by atoms with van der Waals surface area (Å²) in [4.78, 5) is 26.2. The number of hydrogen-bond acceptors (Lipinski definition) is 5. The van der Waals surface area contributed by atoms with Crippen LogP contribution in [0.2, 0.25) is 0 Å². The first-order valence-electron chi connectivity index (χ1n) is 9.94. The molecule has 1 heterocycles. The fraction of sp³-hybridized carbons (Fsp3) is 0.0870. The third-order valence-electron chi connectivity index (χ3n) is 4.80. The summed E-state index contributed by atoms with van der Waals surface area (Å²) in [5.41, 5.74) is 4.19. The number of benzene rings is 3. The van der Waals surface area contributed by atoms with Crippen LogP contribution in [0, 0.1) is 0 Å². The van der Waals surface area contributed by atoms with E-state index in [1.807, 2.05) is 30.3 Å². The third-order valence-corrected chi connectivity index (χ3v) is 5.29. The third kappa shape index (κ3) is 5.24. The van der Waals surface area contributed by atoms with Crippen molar-refractivity contribution in [3.8, 4) is 22.5 Å². The van der Waals surface area contributed by atoms with Gasteiger partial charge in [0.05, 0.1) is 0 Å². The summed E-state index contributed by atoms with van der Waals surface area (Å²) in [6, 6.07) is 19.6. The quantitative estimate of drug-likeness (QED) is 0.365. The van der Waals surface area contributed by atoms with Gasteiger partial charge in [0.15, 0.2) is 0 Å². The molecular weight excluding hydrogens is 486 g/mol. The zero-order chi connectivity index (χ0) is 23.4. The van der Waals surface area contributed by atoms with E-state index in [0.717, 1.165) is 15.6 Å². The minimum atomic E-state index is -0.383. The Morgan fingerprint density at radius 1 is 0.909 bits per heavy atom. The van der Waals surface area contributed by atoms with Gasteiger partial charge in [0.1, 0.15) is 0 Å². The monoisotopic (exact) mass is 505 g/mol. The highest BCUT2D eigenvalue weighted by Crippen LogP contribution is 2.32. The standard InChI is InChI=1S/C23H20BrN7O2/c1-31(2)22(32)15-8-6-14(7-9-15)19-11-10-18(13-20(19)21-27-29-30-28-21)26-23(33)25-17-5-3-4-16(24)12-17/h3-13H,1-2H3,(H2,25,26,33)(H,27,28,29,30). The smallest absolute Gasteiger partial charge is 0.323 e. The van der Waals surface area contributed by atoms with Crippen LogP contribution < -0.4 is 10.6 Å². The Morgan fingerprint density at radius 2 is 1.64 bits per heavy atom. The molecule has 0 spiro atoms. The van der Waals surface area contributed by atoms with E-state index in [0.29, 0.717) is 28.3 Å². The second-order valence-electron chi connectivity index (χ2n) is 7.36. The van der Waals surface area contributed by atoms with Crippen molar-refractivity contribution in [3.63, 3.8) is 0 Å². The fourth-order valence-electron chi connectivity index (χ4n) is 3.24. The van der Waals surface area contributed by atoms with Crippen LogP contribution in [0.15, 0.2) is 71.2 Å². The molecule has 0 saturated carbocycles. The zero-order valence-corrected chi connectivity index (χ0v) is 19.4. The average Bonchev–Trinajstić information content (AvgIpc) is 3.33. The van der Waals surface area contributed by atoms with Gasteiger partial charge in [-0.1, -0.05) is 40.2 Å². The Hall–Kier alpha value is -4.05. The summed E-state index contributed by atoms with van der Waals surface area (Å²) >= 11 is 3.38. The number of nitrogens with one attached hydrogen (secondary N) is 3. The first-order valence-corrected chi connectivity index (χ1v) is 10.7. The topological polar surface area (TPSA) is 116 Å². The zero-order valence-electron chi connectivity index (χ0n) is 17.8. The van der Waals surface area contributed by atoms with E-state index < -0.39 is 0 Å². The van der Waals surface area contributed by atoms with E-state index in [-0.39, 0.29) is 11.9 Å². The van der Waals surface area contributed by atoms with Gasteiger partial charge in [-0.15, -0.1) is 10.2 Å². The number of hydrogen-bond donors (Lipinski definition) is 3. The number of aromatic amines is 1. The second kappa shape index (κ2) is 9.61. The van der Waals surface area contributed by atoms with Crippen molar-refractivity contribution in [1.82, 2.24) is 25.5 Å². The van der Waals surface area contributed by atoms with Crippen molar-refractivity contribution in [1.29, 1.82) is 0 Å². The van der Waals surface area contributed by atoms with Crippen LogP contribution in [0.4, 0.5) is 16.2 Å². The molecule has 0 atom stereocenters. The normalized spacial score (nSPS) is 10.5. The Labute approximate surface area is 198 Å². The van der Waals surface area contributed by atoms with Gasteiger partial charge in [0.25, 0.3) is 5.91 Å². The molecular formula is C23H20BrN7O2. The molecule has 0 aliphatic rings. The van der Waals surface area contributed by atoms with Crippen LogP contribution in [-0.4, -0.2) is 51.6 Å². The van der Waals surface area contributed by atoms with Gasteiger partial charge in [0, 0.05) is 41.1 Å². The number of amides is 3. The summed E-state index contributed by atoms with van der Waals surface area (Å²) < 4.78 is 0.863. The summed E-state index contributed by atoms with van der Waals surface area (Å²) in [6.45, 7) is 0. The molecule has 33 heavy (non-hydrogen) atoms. The molecule has 3 aromatic carbocycles. The fourth-order valence-corrected chi connectivity index (χ4v) is 3.64. The number of carbonyl (C=O) groups is 2. The van der Waals surface area contributed by atoms with E-state index in [4.69, 9.17) is 0 Å². The molecule has 9 nitrogen and oxygen atoms in total. The van der Waals surface area contributed by atoms with Crippen LogP contribution in [0.5, 0.6) is 0 Å². The molecule has 4 rings (SSSR count). The van der Waals surface area contributed by atoms with Crippen molar-refractivity contribution in [2.75, 3.05) is 24.7 Å². The lowest BCUT2D eigenvalue weighted by Gasteiger charge is -2.13. The van der Waals surface area contributed by atoms with Gasteiger partial charge < -0.3 is 15.5 Å². The summed E-state index contributed by atoms with van der Waals surface area (Å²) in [7, 11) is 3.42. The number of H-pyrrole nitrogens is 1. The molecule has 0 aliphatic heterocycles.